The van der Waals surface area contributed by atoms with Gasteiger partial charge in [0, 0.05) is 0 Å². The average molecular weight is 205 g/mol. The van der Waals surface area contributed by atoms with E-state index in [0.29, 0.717) is 11.8 Å². The van der Waals surface area contributed by atoms with E-state index in [9.17, 15) is 0 Å². The molecule has 0 saturated heterocycles. The minimum Gasteiger partial charge on any atom is -0.496 e. The maximum absolute atomic E-state index is 5.67. The zero-order valence-electron chi connectivity index (χ0n) is 9.71. The van der Waals surface area contributed by atoms with Gasteiger partial charge >= 0.3 is 0 Å². The van der Waals surface area contributed by atoms with Crippen molar-refractivity contribution in [3.05, 3.63) is 28.8 Å². The summed E-state index contributed by atoms with van der Waals surface area (Å²) in [5.41, 5.74) is 9.56. The molecule has 2 unspecified atom stereocenters. The normalized spacial score (nSPS) is 24.0. The fourth-order valence-electron chi connectivity index (χ4n) is 2.44. The topological polar surface area (TPSA) is 35.2 Å². The Hall–Kier alpha value is -1.02. The van der Waals surface area contributed by atoms with E-state index in [2.05, 4.69) is 26.0 Å². The van der Waals surface area contributed by atoms with Crippen LogP contribution in [-0.4, -0.2) is 13.7 Å². The lowest BCUT2D eigenvalue weighted by molar-refractivity contribution is 0.408. The van der Waals surface area contributed by atoms with Crippen LogP contribution in [0.15, 0.2) is 12.1 Å². The predicted molar refractivity (Wildman–Crippen MR) is 62.4 cm³/mol. The lowest BCUT2D eigenvalue weighted by atomic mass is 10.0. The molecule has 0 bridgehead atoms. The van der Waals surface area contributed by atoms with Crippen LogP contribution in [0.25, 0.3) is 0 Å². The average Bonchev–Trinajstić information content (AvgIpc) is 2.96. The molecule has 2 heteroatoms. The van der Waals surface area contributed by atoms with Crippen molar-refractivity contribution in [3.8, 4) is 5.75 Å². The summed E-state index contributed by atoms with van der Waals surface area (Å²) in [6.45, 7) is 5.03. The highest BCUT2D eigenvalue weighted by Crippen LogP contribution is 2.47. The molecule has 1 saturated carbocycles. The molecule has 1 aromatic carbocycles. The van der Waals surface area contributed by atoms with E-state index in [0.717, 1.165) is 12.3 Å². The SMILES string of the molecule is COc1c(C)cc(C2CC2CN)cc1C. The summed E-state index contributed by atoms with van der Waals surface area (Å²) in [6, 6.07) is 4.48. The molecule has 2 atom stereocenters. The van der Waals surface area contributed by atoms with Gasteiger partial charge in [0.05, 0.1) is 7.11 Å². The van der Waals surface area contributed by atoms with Crippen LogP contribution in [0.4, 0.5) is 0 Å². The Balaban J connectivity index is 2.28. The summed E-state index contributed by atoms with van der Waals surface area (Å²) in [5.74, 6) is 2.42. The molecule has 2 N–H and O–H groups in total. The van der Waals surface area contributed by atoms with E-state index in [1.807, 2.05) is 0 Å². The van der Waals surface area contributed by atoms with Gasteiger partial charge in [0.2, 0.25) is 0 Å². The van der Waals surface area contributed by atoms with Crippen molar-refractivity contribution >= 4 is 0 Å². The van der Waals surface area contributed by atoms with Crippen molar-refractivity contribution in [1.29, 1.82) is 0 Å². The summed E-state index contributed by atoms with van der Waals surface area (Å²) in [6.07, 6.45) is 1.25. The van der Waals surface area contributed by atoms with Gasteiger partial charge in [-0.2, -0.15) is 0 Å². The van der Waals surface area contributed by atoms with Crippen molar-refractivity contribution in [1.82, 2.24) is 0 Å². The van der Waals surface area contributed by atoms with Gasteiger partial charge in [0.1, 0.15) is 5.75 Å². The molecule has 0 radical (unpaired) electrons. The molecule has 1 aliphatic carbocycles. The van der Waals surface area contributed by atoms with E-state index < -0.39 is 0 Å². The summed E-state index contributed by atoms with van der Waals surface area (Å²) < 4.78 is 5.36. The Kier molecular flexibility index (Phi) is 2.70. The Bertz CT molecular complexity index is 350. The van der Waals surface area contributed by atoms with E-state index >= 15 is 0 Å². The smallest absolute Gasteiger partial charge is 0.124 e. The maximum atomic E-state index is 5.67. The van der Waals surface area contributed by atoms with Gasteiger partial charge in [-0.1, -0.05) is 12.1 Å². The molecular weight excluding hydrogens is 186 g/mol. The molecule has 0 aliphatic heterocycles. The molecule has 0 amide bonds. The van der Waals surface area contributed by atoms with Gasteiger partial charge in [-0.3, -0.25) is 0 Å². The third-order valence-corrected chi connectivity index (χ3v) is 3.34. The summed E-state index contributed by atoms with van der Waals surface area (Å²) in [4.78, 5) is 0. The molecule has 1 aliphatic rings. The zero-order chi connectivity index (χ0) is 11.0. The van der Waals surface area contributed by atoms with Gasteiger partial charge in [-0.05, 0) is 55.3 Å². The Morgan fingerprint density at radius 3 is 2.33 bits per heavy atom. The monoisotopic (exact) mass is 205 g/mol. The first kappa shape index (κ1) is 10.5. The van der Waals surface area contributed by atoms with Crippen LogP contribution in [0.5, 0.6) is 5.75 Å². The van der Waals surface area contributed by atoms with Crippen molar-refractivity contribution in [2.24, 2.45) is 11.7 Å². The van der Waals surface area contributed by atoms with E-state index in [4.69, 9.17) is 10.5 Å². The lowest BCUT2D eigenvalue weighted by Gasteiger charge is -2.11. The van der Waals surface area contributed by atoms with Gasteiger partial charge in [0.25, 0.3) is 0 Å². The van der Waals surface area contributed by atoms with Gasteiger partial charge in [-0.25, -0.2) is 0 Å². The Morgan fingerprint density at radius 2 is 1.93 bits per heavy atom. The van der Waals surface area contributed by atoms with Crippen molar-refractivity contribution in [3.63, 3.8) is 0 Å². The molecule has 2 nitrogen and oxygen atoms in total. The van der Waals surface area contributed by atoms with Gasteiger partial charge < -0.3 is 10.5 Å². The molecule has 0 heterocycles. The van der Waals surface area contributed by atoms with Crippen molar-refractivity contribution < 1.29 is 4.74 Å². The van der Waals surface area contributed by atoms with Crippen LogP contribution < -0.4 is 10.5 Å². The number of hydrogen-bond donors (Lipinski definition) is 1. The maximum Gasteiger partial charge on any atom is 0.124 e. The van der Waals surface area contributed by atoms with E-state index in [1.54, 1.807) is 7.11 Å². The number of rotatable bonds is 3. The number of ether oxygens (including phenoxy) is 1. The van der Waals surface area contributed by atoms with Crippen LogP contribution in [0.3, 0.4) is 0 Å². The predicted octanol–water partition coefficient (Wildman–Crippen LogP) is 2.37. The standard InChI is InChI=1S/C13H19NO/c1-8-4-10(12-6-11(12)7-14)5-9(2)13(8)15-3/h4-5,11-12H,6-7,14H2,1-3H3. The van der Waals surface area contributed by atoms with E-state index in [1.165, 1.54) is 23.1 Å². The fraction of sp³-hybridized carbons (Fsp3) is 0.538. The Labute approximate surface area is 91.4 Å². The third-order valence-electron chi connectivity index (χ3n) is 3.34. The molecule has 1 fully saturated rings. The number of aryl methyl sites for hydroxylation is 2. The minimum atomic E-state index is 0.693. The molecule has 2 rings (SSSR count). The third kappa shape index (κ3) is 1.86. The van der Waals surface area contributed by atoms with Crippen LogP contribution in [-0.2, 0) is 0 Å². The number of benzene rings is 1. The molecule has 82 valence electrons. The second-order valence-electron chi connectivity index (χ2n) is 4.53. The largest absolute Gasteiger partial charge is 0.496 e. The number of methoxy groups -OCH3 is 1. The second-order valence-corrected chi connectivity index (χ2v) is 4.53. The Morgan fingerprint density at radius 1 is 1.33 bits per heavy atom. The first-order chi connectivity index (χ1) is 7.17. The fourth-order valence-corrected chi connectivity index (χ4v) is 2.44. The van der Waals surface area contributed by atoms with E-state index in [-0.39, 0.29) is 0 Å². The zero-order valence-corrected chi connectivity index (χ0v) is 9.71. The van der Waals surface area contributed by atoms with Crippen LogP contribution in [0.2, 0.25) is 0 Å². The first-order valence-electron chi connectivity index (χ1n) is 5.52. The van der Waals surface area contributed by atoms with Crippen molar-refractivity contribution in [2.75, 3.05) is 13.7 Å². The minimum absolute atomic E-state index is 0.693. The van der Waals surface area contributed by atoms with Crippen LogP contribution >= 0.6 is 0 Å². The summed E-state index contributed by atoms with van der Waals surface area (Å²) >= 11 is 0. The highest BCUT2D eigenvalue weighted by atomic mass is 16.5. The van der Waals surface area contributed by atoms with Crippen molar-refractivity contribution in [2.45, 2.75) is 26.2 Å². The highest BCUT2D eigenvalue weighted by molar-refractivity contribution is 5.45. The second kappa shape index (κ2) is 3.86. The first-order valence-corrected chi connectivity index (χ1v) is 5.52. The summed E-state index contributed by atoms with van der Waals surface area (Å²) in [7, 11) is 1.73. The van der Waals surface area contributed by atoms with Crippen LogP contribution in [0.1, 0.15) is 29.0 Å². The lowest BCUT2D eigenvalue weighted by Crippen LogP contribution is -2.02. The molecule has 0 spiro atoms. The van der Waals surface area contributed by atoms with Crippen LogP contribution in [0, 0.1) is 19.8 Å². The van der Waals surface area contributed by atoms with Gasteiger partial charge in [-0.15, -0.1) is 0 Å². The molecule has 1 aromatic rings. The number of nitrogens with two attached hydrogens (primary N) is 1. The molecular formula is C13H19NO. The number of hydrogen-bond acceptors (Lipinski definition) is 2. The quantitative estimate of drug-likeness (QED) is 0.822. The molecule has 15 heavy (non-hydrogen) atoms. The highest BCUT2D eigenvalue weighted by Gasteiger charge is 2.37. The van der Waals surface area contributed by atoms with Gasteiger partial charge in [0.15, 0.2) is 0 Å². The summed E-state index contributed by atoms with van der Waals surface area (Å²) in [5, 5.41) is 0. The molecule has 0 aromatic heterocycles.